The molecular formula is C20H25NO4. The van der Waals surface area contributed by atoms with Crippen molar-refractivity contribution in [3.05, 3.63) is 47.5 Å². The predicted molar refractivity (Wildman–Crippen MR) is 96.7 cm³/mol. The number of methoxy groups -OCH3 is 2. The number of rotatable bonds is 8. The molecule has 0 spiro atoms. The molecule has 0 aromatic heterocycles. The average Bonchev–Trinajstić information content (AvgIpc) is 3.12. The lowest BCUT2D eigenvalue weighted by atomic mass is 10.1. The Labute approximate surface area is 148 Å². The Morgan fingerprint density at radius 3 is 2.52 bits per heavy atom. The zero-order valence-electron chi connectivity index (χ0n) is 15.0. The molecule has 1 atom stereocenters. The monoisotopic (exact) mass is 343 g/mol. The van der Waals surface area contributed by atoms with Gasteiger partial charge in [0.15, 0.2) is 23.0 Å². The number of nitrogens with one attached hydrogen (secondary N) is 1. The van der Waals surface area contributed by atoms with Crippen LogP contribution in [0.1, 0.15) is 24.5 Å². The average molecular weight is 343 g/mol. The Bertz CT molecular complexity index is 717. The molecule has 0 amide bonds. The lowest BCUT2D eigenvalue weighted by Gasteiger charge is -2.15. The van der Waals surface area contributed by atoms with Crippen molar-refractivity contribution in [2.24, 2.45) is 0 Å². The SMILES string of the molecule is COc1ccc(CNC(C)CCc2ccc3c(c2)OCO3)cc1OC. The first-order chi connectivity index (χ1) is 12.2. The van der Waals surface area contributed by atoms with Crippen LogP contribution in [0.3, 0.4) is 0 Å². The van der Waals surface area contributed by atoms with Crippen LogP contribution in [-0.2, 0) is 13.0 Å². The minimum Gasteiger partial charge on any atom is -0.493 e. The van der Waals surface area contributed by atoms with Gasteiger partial charge in [0.1, 0.15) is 0 Å². The van der Waals surface area contributed by atoms with Gasteiger partial charge in [0.2, 0.25) is 6.79 Å². The zero-order chi connectivity index (χ0) is 17.6. The number of aryl methyl sites for hydroxylation is 1. The van der Waals surface area contributed by atoms with Crippen molar-refractivity contribution in [1.82, 2.24) is 5.32 Å². The molecule has 5 nitrogen and oxygen atoms in total. The summed E-state index contributed by atoms with van der Waals surface area (Å²) in [6, 6.07) is 12.6. The van der Waals surface area contributed by atoms with Crippen molar-refractivity contribution >= 4 is 0 Å². The van der Waals surface area contributed by atoms with Crippen molar-refractivity contribution < 1.29 is 18.9 Å². The molecule has 0 saturated carbocycles. The van der Waals surface area contributed by atoms with Crippen LogP contribution in [0.15, 0.2) is 36.4 Å². The Morgan fingerprint density at radius 2 is 1.72 bits per heavy atom. The summed E-state index contributed by atoms with van der Waals surface area (Å²) in [7, 11) is 3.30. The highest BCUT2D eigenvalue weighted by Gasteiger charge is 2.13. The standard InChI is InChI=1S/C20H25NO4/c1-14(4-5-15-6-9-18-20(10-15)25-13-24-18)21-12-16-7-8-17(22-2)19(11-16)23-3/h6-11,14,21H,4-5,12-13H2,1-3H3. The molecule has 25 heavy (non-hydrogen) atoms. The van der Waals surface area contributed by atoms with Crippen LogP contribution in [0.4, 0.5) is 0 Å². The smallest absolute Gasteiger partial charge is 0.231 e. The Morgan fingerprint density at radius 1 is 0.960 bits per heavy atom. The van der Waals surface area contributed by atoms with Gasteiger partial charge in [0.05, 0.1) is 14.2 Å². The summed E-state index contributed by atoms with van der Waals surface area (Å²) in [6.07, 6.45) is 2.05. The van der Waals surface area contributed by atoms with E-state index in [1.54, 1.807) is 14.2 Å². The van der Waals surface area contributed by atoms with Gasteiger partial charge in [0, 0.05) is 12.6 Å². The maximum Gasteiger partial charge on any atom is 0.231 e. The van der Waals surface area contributed by atoms with Crippen LogP contribution in [0.25, 0.3) is 0 Å². The van der Waals surface area contributed by atoms with Crippen LogP contribution in [0.5, 0.6) is 23.0 Å². The van der Waals surface area contributed by atoms with E-state index >= 15 is 0 Å². The van der Waals surface area contributed by atoms with Crippen LogP contribution >= 0.6 is 0 Å². The highest BCUT2D eigenvalue weighted by molar-refractivity contribution is 5.44. The molecule has 1 unspecified atom stereocenters. The van der Waals surface area contributed by atoms with E-state index in [1.165, 1.54) is 11.1 Å². The second kappa shape index (κ2) is 8.12. The van der Waals surface area contributed by atoms with Crippen molar-refractivity contribution in [2.45, 2.75) is 32.4 Å². The lowest BCUT2D eigenvalue weighted by molar-refractivity contribution is 0.174. The predicted octanol–water partition coefficient (Wildman–Crippen LogP) is 3.54. The van der Waals surface area contributed by atoms with Gasteiger partial charge in [-0.15, -0.1) is 0 Å². The summed E-state index contributed by atoms with van der Waals surface area (Å²) in [5, 5.41) is 3.56. The Balaban J connectivity index is 1.49. The molecule has 1 aliphatic rings. The minimum atomic E-state index is 0.321. The Hall–Kier alpha value is -2.40. The number of benzene rings is 2. The van der Waals surface area contributed by atoms with E-state index in [-0.39, 0.29) is 0 Å². The summed E-state index contributed by atoms with van der Waals surface area (Å²) in [4.78, 5) is 0. The first kappa shape index (κ1) is 17.4. The Kier molecular flexibility index (Phi) is 5.66. The highest BCUT2D eigenvalue weighted by Crippen LogP contribution is 2.33. The van der Waals surface area contributed by atoms with Gasteiger partial charge in [-0.25, -0.2) is 0 Å². The van der Waals surface area contributed by atoms with Crippen molar-refractivity contribution in [3.63, 3.8) is 0 Å². The van der Waals surface area contributed by atoms with E-state index in [9.17, 15) is 0 Å². The highest BCUT2D eigenvalue weighted by atomic mass is 16.7. The summed E-state index contributed by atoms with van der Waals surface area (Å²) in [6.45, 7) is 3.32. The van der Waals surface area contributed by atoms with E-state index < -0.39 is 0 Å². The summed E-state index contributed by atoms with van der Waals surface area (Å²) in [5.41, 5.74) is 2.44. The largest absolute Gasteiger partial charge is 0.493 e. The fourth-order valence-corrected chi connectivity index (χ4v) is 2.86. The van der Waals surface area contributed by atoms with Gasteiger partial charge in [0.25, 0.3) is 0 Å². The quantitative estimate of drug-likeness (QED) is 0.794. The zero-order valence-corrected chi connectivity index (χ0v) is 15.0. The second-order valence-corrected chi connectivity index (χ2v) is 6.20. The fraction of sp³-hybridized carbons (Fsp3) is 0.400. The molecular weight excluding hydrogens is 318 g/mol. The van der Waals surface area contributed by atoms with Crippen molar-refractivity contribution in [3.8, 4) is 23.0 Å². The van der Waals surface area contributed by atoms with E-state index in [4.69, 9.17) is 18.9 Å². The first-order valence-corrected chi connectivity index (χ1v) is 8.52. The molecule has 5 heteroatoms. The van der Waals surface area contributed by atoms with Crippen LogP contribution in [-0.4, -0.2) is 27.1 Å². The molecule has 0 fully saturated rings. The molecule has 0 aliphatic carbocycles. The normalized spacial score (nSPS) is 13.6. The molecule has 2 aromatic carbocycles. The third-order valence-corrected chi connectivity index (χ3v) is 4.41. The van der Waals surface area contributed by atoms with Gasteiger partial charge in [-0.3, -0.25) is 0 Å². The van der Waals surface area contributed by atoms with Gasteiger partial charge >= 0.3 is 0 Å². The lowest BCUT2D eigenvalue weighted by Crippen LogP contribution is -2.26. The summed E-state index contributed by atoms with van der Waals surface area (Å²) >= 11 is 0. The van der Waals surface area contributed by atoms with E-state index in [0.29, 0.717) is 12.8 Å². The van der Waals surface area contributed by atoms with E-state index in [0.717, 1.165) is 42.4 Å². The van der Waals surface area contributed by atoms with Gasteiger partial charge < -0.3 is 24.3 Å². The molecule has 3 rings (SSSR count). The molecule has 0 saturated heterocycles. The molecule has 1 N–H and O–H groups in total. The van der Waals surface area contributed by atoms with Crippen LogP contribution < -0.4 is 24.3 Å². The summed E-state index contributed by atoms with van der Waals surface area (Å²) in [5.74, 6) is 3.20. The number of hydrogen-bond donors (Lipinski definition) is 1. The second-order valence-electron chi connectivity index (χ2n) is 6.20. The number of ether oxygens (including phenoxy) is 4. The van der Waals surface area contributed by atoms with E-state index in [2.05, 4.69) is 30.4 Å². The minimum absolute atomic E-state index is 0.321. The summed E-state index contributed by atoms with van der Waals surface area (Å²) < 4.78 is 21.4. The van der Waals surface area contributed by atoms with Gasteiger partial charge in [-0.1, -0.05) is 12.1 Å². The molecule has 0 bridgehead atoms. The maximum atomic E-state index is 5.43. The first-order valence-electron chi connectivity index (χ1n) is 8.52. The van der Waals surface area contributed by atoms with Gasteiger partial charge in [-0.05, 0) is 55.2 Å². The third-order valence-electron chi connectivity index (χ3n) is 4.41. The molecule has 134 valence electrons. The molecule has 2 aromatic rings. The molecule has 0 radical (unpaired) electrons. The van der Waals surface area contributed by atoms with E-state index in [1.807, 2.05) is 18.2 Å². The maximum absolute atomic E-state index is 5.43. The number of fused-ring (bicyclic) bond motifs is 1. The van der Waals surface area contributed by atoms with Crippen LogP contribution in [0, 0.1) is 0 Å². The van der Waals surface area contributed by atoms with Crippen molar-refractivity contribution in [1.29, 1.82) is 0 Å². The number of hydrogen-bond acceptors (Lipinski definition) is 5. The fourth-order valence-electron chi connectivity index (χ4n) is 2.86. The van der Waals surface area contributed by atoms with Gasteiger partial charge in [-0.2, -0.15) is 0 Å². The molecule has 1 heterocycles. The van der Waals surface area contributed by atoms with Crippen LogP contribution in [0.2, 0.25) is 0 Å². The van der Waals surface area contributed by atoms with Crippen molar-refractivity contribution in [2.75, 3.05) is 21.0 Å². The molecule has 1 aliphatic heterocycles. The third kappa shape index (κ3) is 4.37. The topological polar surface area (TPSA) is 49.0 Å².